The zero-order valence-corrected chi connectivity index (χ0v) is 9.64. The van der Waals surface area contributed by atoms with Crippen LogP contribution in [-0.2, 0) is 6.42 Å². The molecule has 0 saturated heterocycles. The fourth-order valence-corrected chi connectivity index (χ4v) is 1.54. The van der Waals surface area contributed by atoms with Crippen molar-refractivity contribution in [3.63, 3.8) is 0 Å². The van der Waals surface area contributed by atoms with Crippen LogP contribution in [-0.4, -0.2) is 18.1 Å². The van der Waals surface area contributed by atoms with Crippen LogP contribution in [0.1, 0.15) is 25.0 Å². The molecule has 0 unspecified atom stereocenters. The summed E-state index contributed by atoms with van der Waals surface area (Å²) in [5.74, 6) is 0.354. The van der Waals surface area contributed by atoms with Gasteiger partial charge >= 0.3 is 6.36 Å². The zero-order valence-electron chi connectivity index (χ0n) is 9.64. The van der Waals surface area contributed by atoms with E-state index < -0.39 is 6.36 Å². The molecule has 0 atom stereocenters. The minimum absolute atomic E-state index is 0.192. The van der Waals surface area contributed by atoms with Gasteiger partial charge in [0.2, 0.25) is 0 Å². The number of halogens is 3. The minimum atomic E-state index is -4.70. The summed E-state index contributed by atoms with van der Waals surface area (Å²) in [7, 11) is 0. The average Bonchev–Trinajstić information content (AvgIpc) is 2.25. The monoisotopic (exact) mass is 247 g/mol. The Morgan fingerprint density at radius 1 is 1.35 bits per heavy atom. The molecule has 0 fully saturated rings. The summed E-state index contributed by atoms with van der Waals surface area (Å²) >= 11 is 0. The van der Waals surface area contributed by atoms with Gasteiger partial charge < -0.3 is 9.84 Å². The van der Waals surface area contributed by atoms with Crippen LogP contribution >= 0.6 is 0 Å². The van der Waals surface area contributed by atoms with E-state index in [2.05, 4.69) is 4.74 Å². The SMILES string of the molecule is CCc1ccc(OC(F)(F)F)cc1[C](C)CO. The number of aliphatic hydroxyl groups is 1. The molecule has 1 radical (unpaired) electrons. The summed E-state index contributed by atoms with van der Waals surface area (Å²) in [6.45, 7) is 3.38. The second-order valence-corrected chi connectivity index (χ2v) is 3.66. The van der Waals surface area contributed by atoms with Crippen LogP contribution in [0.2, 0.25) is 0 Å². The van der Waals surface area contributed by atoms with Crippen LogP contribution in [0.5, 0.6) is 5.75 Å². The van der Waals surface area contributed by atoms with Crippen molar-refractivity contribution < 1.29 is 23.0 Å². The molecule has 1 rings (SSSR count). The topological polar surface area (TPSA) is 29.5 Å². The van der Waals surface area contributed by atoms with Crippen LogP contribution in [0.25, 0.3) is 0 Å². The standard InChI is InChI=1S/C12H14F3O2/c1-3-9-4-5-10(17-12(13,14)15)6-11(9)8(2)7-16/h4-6,16H,3,7H2,1-2H3. The van der Waals surface area contributed by atoms with Crippen LogP contribution in [0.15, 0.2) is 18.2 Å². The van der Waals surface area contributed by atoms with E-state index in [4.69, 9.17) is 5.11 Å². The first-order valence-electron chi connectivity index (χ1n) is 5.19. The maximum Gasteiger partial charge on any atom is 0.573 e. The Morgan fingerprint density at radius 3 is 2.47 bits per heavy atom. The normalized spacial score (nSPS) is 11.9. The first kappa shape index (κ1) is 13.8. The Morgan fingerprint density at radius 2 is 2.00 bits per heavy atom. The van der Waals surface area contributed by atoms with Gasteiger partial charge in [0, 0.05) is 5.92 Å². The molecule has 0 spiro atoms. The first-order valence-corrected chi connectivity index (χ1v) is 5.19. The number of benzene rings is 1. The fraction of sp³-hybridized carbons (Fsp3) is 0.417. The molecule has 1 N–H and O–H groups in total. The number of ether oxygens (including phenoxy) is 1. The van der Waals surface area contributed by atoms with Crippen LogP contribution in [0.4, 0.5) is 13.2 Å². The lowest BCUT2D eigenvalue weighted by Crippen LogP contribution is -2.17. The van der Waals surface area contributed by atoms with E-state index in [0.29, 0.717) is 17.9 Å². The van der Waals surface area contributed by atoms with Crippen LogP contribution < -0.4 is 4.74 Å². The van der Waals surface area contributed by atoms with E-state index in [0.717, 1.165) is 5.56 Å². The molecule has 1 aromatic rings. The van der Waals surface area contributed by atoms with Crippen molar-refractivity contribution in [2.45, 2.75) is 26.6 Å². The number of hydrogen-bond acceptors (Lipinski definition) is 2. The van der Waals surface area contributed by atoms with E-state index in [-0.39, 0.29) is 12.4 Å². The maximum atomic E-state index is 12.1. The molecule has 0 heterocycles. The summed E-state index contributed by atoms with van der Waals surface area (Å²) < 4.78 is 40.0. The highest BCUT2D eigenvalue weighted by molar-refractivity contribution is 5.43. The Bertz CT molecular complexity index is 375. The smallest absolute Gasteiger partial charge is 0.406 e. The summed E-state index contributed by atoms with van der Waals surface area (Å²) in [6, 6.07) is 4.16. The molecule has 95 valence electrons. The van der Waals surface area contributed by atoms with E-state index >= 15 is 0 Å². The van der Waals surface area contributed by atoms with E-state index in [9.17, 15) is 13.2 Å². The third-order valence-corrected chi connectivity index (χ3v) is 2.39. The molecule has 1 aromatic carbocycles. The maximum absolute atomic E-state index is 12.1. The first-order chi connectivity index (χ1) is 7.87. The van der Waals surface area contributed by atoms with Gasteiger partial charge in [-0.3, -0.25) is 0 Å². The Labute approximate surface area is 98.0 Å². The molecule has 0 saturated carbocycles. The van der Waals surface area contributed by atoms with Gasteiger partial charge in [-0.25, -0.2) is 0 Å². The van der Waals surface area contributed by atoms with Crippen molar-refractivity contribution in [1.82, 2.24) is 0 Å². The number of alkyl halides is 3. The Balaban J connectivity index is 3.04. The summed E-state index contributed by atoms with van der Waals surface area (Å²) in [5, 5.41) is 9.03. The molecule has 17 heavy (non-hydrogen) atoms. The van der Waals surface area contributed by atoms with Crippen LogP contribution in [0, 0.1) is 5.92 Å². The highest BCUT2D eigenvalue weighted by Crippen LogP contribution is 2.28. The van der Waals surface area contributed by atoms with E-state index in [1.807, 2.05) is 6.92 Å². The van der Waals surface area contributed by atoms with Crippen molar-refractivity contribution in [3.8, 4) is 5.75 Å². The van der Waals surface area contributed by atoms with Gasteiger partial charge in [0.25, 0.3) is 0 Å². The van der Waals surface area contributed by atoms with Gasteiger partial charge in [0.15, 0.2) is 0 Å². The van der Waals surface area contributed by atoms with Crippen LogP contribution in [0.3, 0.4) is 0 Å². The van der Waals surface area contributed by atoms with Crippen molar-refractivity contribution in [2.24, 2.45) is 0 Å². The quantitative estimate of drug-likeness (QED) is 0.886. The zero-order chi connectivity index (χ0) is 13.1. The van der Waals surface area contributed by atoms with Gasteiger partial charge in [-0.05, 0) is 29.7 Å². The summed E-state index contributed by atoms with van der Waals surface area (Å²) in [6.07, 6.45) is -4.02. The molecular weight excluding hydrogens is 233 g/mol. The lowest BCUT2D eigenvalue weighted by molar-refractivity contribution is -0.274. The van der Waals surface area contributed by atoms with Gasteiger partial charge in [-0.2, -0.15) is 0 Å². The number of hydrogen-bond donors (Lipinski definition) is 1. The minimum Gasteiger partial charge on any atom is -0.406 e. The number of rotatable bonds is 4. The fourth-order valence-electron chi connectivity index (χ4n) is 1.54. The van der Waals surface area contributed by atoms with Crippen molar-refractivity contribution in [3.05, 3.63) is 35.2 Å². The van der Waals surface area contributed by atoms with Gasteiger partial charge in [0.1, 0.15) is 5.75 Å². The predicted molar refractivity (Wildman–Crippen MR) is 57.6 cm³/mol. The second kappa shape index (κ2) is 5.40. The van der Waals surface area contributed by atoms with Gasteiger partial charge in [-0.15, -0.1) is 13.2 Å². The predicted octanol–water partition coefficient (Wildman–Crippen LogP) is 3.08. The number of aryl methyl sites for hydroxylation is 1. The Hall–Kier alpha value is -1.23. The van der Waals surface area contributed by atoms with Crippen molar-refractivity contribution in [2.75, 3.05) is 6.61 Å². The molecule has 0 aliphatic rings. The molecule has 2 nitrogen and oxygen atoms in total. The Kier molecular flexibility index (Phi) is 4.40. The third kappa shape index (κ3) is 3.93. The third-order valence-electron chi connectivity index (χ3n) is 2.39. The highest BCUT2D eigenvalue weighted by atomic mass is 19.4. The summed E-state index contributed by atoms with van der Waals surface area (Å²) in [4.78, 5) is 0. The molecule has 0 aliphatic heterocycles. The summed E-state index contributed by atoms with van der Waals surface area (Å²) in [5.41, 5.74) is 1.49. The average molecular weight is 247 g/mol. The van der Waals surface area contributed by atoms with Crippen molar-refractivity contribution in [1.29, 1.82) is 0 Å². The number of aliphatic hydroxyl groups excluding tert-OH is 1. The van der Waals surface area contributed by atoms with E-state index in [1.165, 1.54) is 12.1 Å². The highest BCUT2D eigenvalue weighted by Gasteiger charge is 2.31. The van der Waals surface area contributed by atoms with Crippen molar-refractivity contribution >= 4 is 0 Å². The van der Waals surface area contributed by atoms with Gasteiger partial charge in [-0.1, -0.05) is 19.9 Å². The molecule has 0 aromatic heterocycles. The molecule has 0 aliphatic carbocycles. The lowest BCUT2D eigenvalue weighted by atomic mass is 9.95. The van der Waals surface area contributed by atoms with Gasteiger partial charge in [0.05, 0.1) is 6.61 Å². The molecule has 0 amide bonds. The molecule has 5 heteroatoms. The largest absolute Gasteiger partial charge is 0.573 e. The molecular formula is C12H14F3O2. The lowest BCUT2D eigenvalue weighted by Gasteiger charge is -2.16. The second-order valence-electron chi connectivity index (χ2n) is 3.66. The molecule has 0 bridgehead atoms. The van der Waals surface area contributed by atoms with E-state index in [1.54, 1.807) is 13.0 Å².